The van der Waals surface area contributed by atoms with Crippen LogP contribution < -0.4 is 4.72 Å². The van der Waals surface area contributed by atoms with Crippen LogP contribution in [0.3, 0.4) is 0 Å². The van der Waals surface area contributed by atoms with Gasteiger partial charge in [-0.1, -0.05) is 30.3 Å². The Morgan fingerprint density at radius 3 is 2.60 bits per heavy atom. The molecule has 110 valence electrons. The van der Waals surface area contributed by atoms with Gasteiger partial charge in [-0.2, -0.15) is 4.72 Å². The molecule has 1 unspecified atom stereocenters. The molecular weight excluding hydrogens is 282 g/mol. The highest BCUT2D eigenvalue weighted by molar-refractivity contribution is 7.90. The first-order valence-electron chi connectivity index (χ1n) is 6.37. The van der Waals surface area contributed by atoms with Gasteiger partial charge in [-0.25, -0.2) is 8.42 Å². The Bertz CT molecular complexity index is 551. The fourth-order valence-corrected chi connectivity index (χ4v) is 3.63. The molecule has 0 aromatic heterocycles. The predicted molar refractivity (Wildman–Crippen MR) is 72.7 cm³/mol. The van der Waals surface area contributed by atoms with Crippen molar-refractivity contribution >= 4 is 16.0 Å². The van der Waals surface area contributed by atoms with Gasteiger partial charge in [0.1, 0.15) is 6.04 Å². The third kappa shape index (κ3) is 3.56. The van der Waals surface area contributed by atoms with E-state index >= 15 is 0 Å². The summed E-state index contributed by atoms with van der Waals surface area (Å²) in [6, 6.07) is 6.97. The van der Waals surface area contributed by atoms with Crippen LogP contribution in [0.4, 0.5) is 0 Å². The Morgan fingerprint density at radius 1 is 1.35 bits per heavy atom. The van der Waals surface area contributed by atoms with Crippen LogP contribution in [-0.2, 0) is 19.6 Å². The first kappa shape index (κ1) is 15.0. The van der Waals surface area contributed by atoms with E-state index in [1.54, 1.807) is 30.3 Å². The van der Waals surface area contributed by atoms with Gasteiger partial charge in [0.05, 0.1) is 11.9 Å². The van der Waals surface area contributed by atoms with E-state index in [1.165, 1.54) is 0 Å². The summed E-state index contributed by atoms with van der Waals surface area (Å²) in [6.07, 6.45) is 1.14. The SMILES string of the molecule is O=C(O)[C@H](NS(=O)(=O)C1CCCOC1)c1ccccc1. The van der Waals surface area contributed by atoms with Gasteiger partial charge in [0.25, 0.3) is 0 Å². The number of hydrogen-bond donors (Lipinski definition) is 2. The maximum Gasteiger partial charge on any atom is 0.326 e. The molecule has 0 bridgehead atoms. The van der Waals surface area contributed by atoms with Crippen LogP contribution in [0.1, 0.15) is 24.4 Å². The average Bonchev–Trinajstić information content (AvgIpc) is 2.46. The molecule has 0 aliphatic carbocycles. The van der Waals surface area contributed by atoms with Crippen molar-refractivity contribution < 1.29 is 23.1 Å². The molecular formula is C13H17NO5S. The third-order valence-corrected chi connectivity index (χ3v) is 5.03. The van der Waals surface area contributed by atoms with E-state index in [4.69, 9.17) is 4.74 Å². The molecule has 2 atom stereocenters. The first-order chi connectivity index (χ1) is 9.50. The second-order valence-electron chi connectivity index (χ2n) is 4.68. The molecule has 0 saturated carbocycles. The minimum atomic E-state index is -3.73. The standard InChI is InChI=1S/C13H17NO5S/c15-13(16)12(10-5-2-1-3-6-10)14-20(17,18)11-7-4-8-19-9-11/h1-3,5-6,11-12,14H,4,7-9H2,(H,15,16)/t11?,12-/m1/s1. The normalized spacial score (nSPS) is 21.3. The molecule has 2 rings (SSSR count). The number of hydrogen-bond acceptors (Lipinski definition) is 4. The first-order valence-corrected chi connectivity index (χ1v) is 7.92. The smallest absolute Gasteiger partial charge is 0.326 e. The van der Waals surface area contributed by atoms with Crippen molar-refractivity contribution in [2.24, 2.45) is 0 Å². The van der Waals surface area contributed by atoms with Crippen LogP contribution in [0, 0.1) is 0 Å². The third-order valence-electron chi connectivity index (χ3n) is 3.22. The Labute approximate surface area is 117 Å². The van der Waals surface area contributed by atoms with Crippen molar-refractivity contribution in [3.8, 4) is 0 Å². The quantitative estimate of drug-likeness (QED) is 0.843. The molecule has 1 saturated heterocycles. The van der Waals surface area contributed by atoms with Gasteiger partial charge in [0.2, 0.25) is 10.0 Å². The zero-order chi connectivity index (χ0) is 14.6. The van der Waals surface area contributed by atoms with Gasteiger partial charge < -0.3 is 9.84 Å². The van der Waals surface area contributed by atoms with E-state index in [-0.39, 0.29) is 6.61 Å². The van der Waals surface area contributed by atoms with Crippen molar-refractivity contribution in [3.63, 3.8) is 0 Å². The summed E-state index contributed by atoms with van der Waals surface area (Å²) in [7, 11) is -3.73. The monoisotopic (exact) mass is 299 g/mol. The topological polar surface area (TPSA) is 92.7 Å². The van der Waals surface area contributed by atoms with E-state index in [2.05, 4.69) is 4.72 Å². The Balaban J connectivity index is 2.18. The van der Waals surface area contributed by atoms with Gasteiger partial charge in [0.15, 0.2) is 0 Å². The molecule has 2 N–H and O–H groups in total. The maximum atomic E-state index is 12.2. The second-order valence-corrected chi connectivity index (χ2v) is 6.68. The number of rotatable bonds is 5. The minimum Gasteiger partial charge on any atom is -0.480 e. The fraction of sp³-hybridized carbons (Fsp3) is 0.462. The highest BCUT2D eigenvalue weighted by Crippen LogP contribution is 2.19. The lowest BCUT2D eigenvalue weighted by molar-refractivity contribution is -0.139. The van der Waals surface area contributed by atoms with Crippen LogP contribution in [-0.4, -0.2) is 38.0 Å². The molecule has 1 aromatic rings. The van der Waals surface area contributed by atoms with Crippen molar-refractivity contribution in [3.05, 3.63) is 35.9 Å². The Kier molecular flexibility index (Phi) is 4.74. The largest absolute Gasteiger partial charge is 0.480 e. The molecule has 1 fully saturated rings. The lowest BCUT2D eigenvalue weighted by Crippen LogP contribution is -2.43. The fourth-order valence-electron chi connectivity index (χ4n) is 2.12. The molecule has 7 heteroatoms. The number of aliphatic carboxylic acids is 1. The average molecular weight is 299 g/mol. The maximum absolute atomic E-state index is 12.2. The molecule has 1 aromatic carbocycles. The van der Waals surface area contributed by atoms with Gasteiger partial charge in [0, 0.05) is 6.61 Å². The zero-order valence-corrected chi connectivity index (χ0v) is 11.7. The summed E-state index contributed by atoms with van der Waals surface area (Å²) in [5, 5.41) is 8.54. The molecule has 0 spiro atoms. The van der Waals surface area contributed by atoms with Crippen LogP contribution in [0.15, 0.2) is 30.3 Å². The summed E-state index contributed by atoms with van der Waals surface area (Å²) in [5.41, 5.74) is 0.403. The number of benzene rings is 1. The lowest BCUT2D eigenvalue weighted by Gasteiger charge is -2.24. The lowest BCUT2D eigenvalue weighted by atomic mass is 10.1. The number of carboxylic acid groups (broad SMARTS) is 1. The number of carbonyl (C=O) groups is 1. The van der Waals surface area contributed by atoms with E-state index in [1.807, 2.05) is 0 Å². The molecule has 1 aliphatic rings. The van der Waals surface area contributed by atoms with Gasteiger partial charge >= 0.3 is 5.97 Å². The molecule has 6 nitrogen and oxygen atoms in total. The zero-order valence-electron chi connectivity index (χ0n) is 10.9. The minimum absolute atomic E-state index is 0.108. The highest BCUT2D eigenvalue weighted by Gasteiger charge is 2.33. The van der Waals surface area contributed by atoms with Crippen LogP contribution in [0.5, 0.6) is 0 Å². The molecule has 1 aliphatic heterocycles. The van der Waals surface area contributed by atoms with Crippen molar-refractivity contribution in [1.82, 2.24) is 4.72 Å². The Morgan fingerprint density at radius 2 is 2.05 bits per heavy atom. The molecule has 1 heterocycles. The number of nitrogens with one attached hydrogen (secondary N) is 1. The van der Waals surface area contributed by atoms with Crippen molar-refractivity contribution in [2.75, 3.05) is 13.2 Å². The summed E-state index contributed by atoms with van der Waals surface area (Å²) in [5.74, 6) is -1.23. The van der Waals surface area contributed by atoms with E-state index < -0.39 is 27.3 Å². The van der Waals surface area contributed by atoms with E-state index in [0.717, 1.165) is 0 Å². The van der Waals surface area contributed by atoms with E-state index in [0.29, 0.717) is 25.0 Å². The summed E-state index contributed by atoms with van der Waals surface area (Å²) in [4.78, 5) is 11.3. The van der Waals surface area contributed by atoms with Crippen molar-refractivity contribution in [1.29, 1.82) is 0 Å². The van der Waals surface area contributed by atoms with E-state index in [9.17, 15) is 18.3 Å². The number of sulfonamides is 1. The van der Waals surface area contributed by atoms with Gasteiger partial charge in [-0.05, 0) is 18.4 Å². The second kappa shape index (κ2) is 6.34. The molecule has 0 radical (unpaired) electrons. The Hall–Kier alpha value is -1.44. The predicted octanol–water partition coefficient (Wildman–Crippen LogP) is 0.911. The van der Waals surface area contributed by atoms with Crippen LogP contribution >= 0.6 is 0 Å². The number of ether oxygens (including phenoxy) is 1. The van der Waals surface area contributed by atoms with Crippen molar-refractivity contribution in [2.45, 2.75) is 24.1 Å². The summed E-state index contributed by atoms with van der Waals surface area (Å²) in [6.45, 7) is 0.656. The summed E-state index contributed by atoms with van der Waals surface area (Å²) >= 11 is 0. The van der Waals surface area contributed by atoms with Crippen LogP contribution in [0.25, 0.3) is 0 Å². The van der Waals surface area contributed by atoms with Crippen LogP contribution in [0.2, 0.25) is 0 Å². The highest BCUT2D eigenvalue weighted by atomic mass is 32.2. The van der Waals surface area contributed by atoms with Gasteiger partial charge in [-0.3, -0.25) is 4.79 Å². The number of carboxylic acids is 1. The summed E-state index contributed by atoms with van der Waals surface area (Å²) < 4.78 is 31.9. The molecule has 20 heavy (non-hydrogen) atoms. The molecule has 0 amide bonds. The van der Waals surface area contributed by atoms with Gasteiger partial charge in [-0.15, -0.1) is 0 Å².